The first-order chi connectivity index (χ1) is 6.74. The Labute approximate surface area is 90.7 Å². The molecular formula is C10H10BrNO2. The van der Waals surface area contributed by atoms with Crippen LogP contribution in [0.25, 0.3) is 6.08 Å². The molecule has 0 heterocycles. The zero-order valence-electron chi connectivity index (χ0n) is 7.52. The van der Waals surface area contributed by atoms with E-state index in [1.54, 1.807) is 0 Å². The molecule has 0 saturated heterocycles. The Morgan fingerprint density at radius 2 is 2.14 bits per heavy atom. The number of rotatable bonds is 4. The summed E-state index contributed by atoms with van der Waals surface area (Å²) >= 11 is 3.34. The Kier molecular flexibility index (Phi) is 4.32. The summed E-state index contributed by atoms with van der Waals surface area (Å²) in [5.41, 5.74) is 2.02. The highest BCUT2D eigenvalue weighted by molar-refractivity contribution is 9.09. The van der Waals surface area contributed by atoms with Crippen LogP contribution in [0.4, 0.5) is 0 Å². The molecular weight excluding hydrogens is 246 g/mol. The Hall–Kier alpha value is -1.16. The molecule has 1 rings (SSSR count). The normalized spacial score (nSPS) is 10.6. The van der Waals surface area contributed by atoms with Crippen LogP contribution in [0.1, 0.15) is 11.1 Å². The fourth-order valence-electron chi connectivity index (χ4n) is 1.17. The smallest absolute Gasteiger partial charge is 0.235 e. The van der Waals surface area contributed by atoms with Gasteiger partial charge in [0, 0.05) is 11.4 Å². The molecule has 14 heavy (non-hydrogen) atoms. The fraction of sp³-hybridized carbons (Fsp3) is 0.200. The molecule has 0 saturated carbocycles. The maximum absolute atomic E-state index is 10.2. The van der Waals surface area contributed by atoms with E-state index in [9.17, 15) is 10.1 Å². The van der Waals surface area contributed by atoms with Gasteiger partial charge in [0.1, 0.15) is 0 Å². The van der Waals surface area contributed by atoms with Crippen molar-refractivity contribution in [1.29, 1.82) is 0 Å². The molecule has 0 amide bonds. The van der Waals surface area contributed by atoms with Gasteiger partial charge in [-0.1, -0.05) is 40.2 Å². The first-order valence-electron chi connectivity index (χ1n) is 4.19. The summed E-state index contributed by atoms with van der Waals surface area (Å²) in [5.74, 6) is 0. The van der Waals surface area contributed by atoms with Crippen molar-refractivity contribution >= 4 is 22.0 Å². The highest BCUT2D eigenvalue weighted by Gasteiger charge is 1.98. The lowest BCUT2D eigenvalue weighted by Crippen LogP contribution is -1.90. The van der Waals surface area contributed by atoms with Crippen LogP contribution in [0.5, 0.6) is 0 Å². The van der Waals surface area contributed by atoms with Gasteiger partial charge in [-0.2, -0.15) is 0 Å². The van der Waals surface area contributed by atoms with E-state index in [1.165, 1.54) is 6.08 Å². The van der Waals surface area contributed by atoms with Gasteiger partial charge in [-0.05, 0) is 17.5 Å². The summed E-state index contributed by atoms with van der Waals surface area (Å²) in [6.45, 7) is 0. The van der Waals surface area contributed by atoms with Gasteiger partial charge in [0.25, 0.3) is 0 Å². The molecule has 0 spiro atoms. The van der Waals surface area contributed by atoms with Gasteiger partial charge in [0.05, 0.1) is 4.92 Å². The Bertz CT molecular complexity index is 350. The highest BCUT2D eigenvalue weighted by Crippen LogP contribution is 2.12. The lowest BCUT2D eigenvalue weighted by molar-refractivity contribution is -0.400. The average molecular weight is 256 g/mol. The van der Waals surface area contributed by atoms with Crippen LogP contribution < -0.4 is 0 Å². The second-order valence-electron chi connectivity index (χ2n) is 2.74. The van der Waals surface area contributed by atoms with Gasteiger partial charge in [-0.25, -0.2) is 0 Å². The van der Waals surface area contributed by atoms with Crippen molar-refractivity contribution in [3.8, 4) is 0 Å². The Morgan fingerprint density at radius 1 is 1.43 bits per heavy atom. The van der Waals surface area contributed by atoms with Gasteiger partial charge in [0.15, 0.2) is 0 Å². The van der Waals surface area contributed by atoms with Crippen molar-refractivity contribution in [3.63, 3.8) is 0 Å². The van der Waals surface area contributed by atoms with Crippen molar-refractivity contribution in [3.05, 3.63) is 51.7 Å². The number of nitrogens with zero attached hydrogens (tertiary/aromatic N) is 1. The maximum atomic E-state index is 10.2. The van der Waals surface area contributed by atoms with E-state index >= 15 is 0 Å². The minimum Gasteiger partial charge on any atom is -0.259 e. The third kappa shape index (κ3) is 3.30. The molecule has 0 N–H and O–H groups in total. The Balaban J connectivity index is 2.89. The van der Waals surface area contributed by atoms with Gasteiger partial charge in [-0.3, -0.25) is 10.1 Å². The van der Waals surface area contributed by atoms with Gasteiger partial charge in [0.2, 0.25) is 6.20 Å². The lowest BCUT2D eigenvalue weighted by atomic mass is 10.1. The second-order valence-corrected chi connectivity index (χ2v) is 3.53. The molecule has 0 bridgehead atoms. The van der Waals surface area contributed by atoms with E-state index in [2.05, 4.69) is 15.9 Å². The molecule has 74 valence electrons. The molecule has 0 aliphatic carbocycles. The van der Waals surface area contributed by atoms with E-state index in [0.29, 0.717) is 0 Å². The van der Waals surface area contributed by atoms with Crippen molar-refractivity contribution in [1.82, 2.24) is 0 Å². The van der Waals surface area contributed by atoms with Crippen molar-refractivity contribution < 1.29 is 4.92 Å². The minimum atomic E-state index is -0.453. The van der Waals surface area contributed by atoms with Gasteiger partial charge in [-0.15, -0.1) is 0 Å². The highest BCUT2D eigenvalue weighted by atomic mass is 79.9. The topological polar surface area (TPSA) is 43.1 Å². The number of alkyl halides is 1. The molecule has 0 aliphatic rings. The van der Waals surface area contributed by atoms with E-state index in [-0.39, 0.29) is 0 Å². The quantitative estimate of drug-likeness (QED) is 0.472. The predicted molar refractivity (Wildman–Crippen MR) is 60.0 cm³/mol. The fourth-order valence-corrected chi connectivity index (χ4v) is 1.59. The van der Waals surface area contributed by atoms with Crippen LogP contribution in [-0.4, -0.2) is 10.3 Å². The number of aryl methyl sites for hydroxylation is 1. The minimum absolute atomic E-state index is 0.453. The van der Waals surface area contributed by atoms with Crippen molar-refractivity contribution in [2.24, 2.45) is 0 Å². The largest absolute Gasteiger partial charge is 0.259 e. The van der Waals surface area contributed by atoms with Crippen molar-refractivity contribution in [2.45, 2.75) is 6.42 Å². The second kappa shape index (κ2) is 5.54. The number of hydrogen-bond acceptors (Lipinski definition) is 2. The maximum Gasteiger partial charge on any atom is 0.235 e. The molecule has 0 atom stereocenters. The molecule has 0 aromatic heterocycles. The van der Waals surface area contributed by atoms with Crippen LogP contribution in [0.15, 0.2) is 30.5 Å². The standard InChI is InChI=1S/C10H10BrNO2/c11-7-5-9-3-1-2-4-10(9)6-8-12(13)14/h1-4,6,8H,5,7H2/b8-6+. The molecule has 0 unspecified atom stereocenters. The first kappa shape index (κ1) is 10.9. The van der Waals surface area contributed by atoms with Gasteiger partial charge >= 0.3 is 0 Å². The van der Waals surface area contributed by atoms with Gasteiger partial charge < -0.3 is 0 Å². The number of benzene rings is 1. The Morgan fingerprint density at radius 3 is 2.79 bits per heavy atom. The predicted octanol–water partition coefficient (Wildman–Crippen LogP) is 2.87. The third-order valence-corrected chi connectivity index (χ3v) is 2.19. The van der Waals surface area contributed by atoms with Crippen LogP contribution in [0.2, 0.25) is 0 Å². The summed E-state index contributed by atoms with van der Waals surface area (Å²) in [6, 6.07) is 7.65. The molecule has 4 heteroatoms. The average Bonchev–Trinajstić information content (AvgIpc) is 2.17. The monoisotopic (exact) mass is 255 g/mol. The zero-order valence-corrected chi connectivity index (χ0v) is 9.11. The van der Waals surface area contributed by atoms with Crippen LogP contribution in [-0.2, 0) is 6.42 Å². The van der Waals surface area contributed by atoms with Crippen LogP contribution in [0, 0.1) is 10.1 Å². The summed E-state index contributed by atoms with van der Waals surface area (Å²) in [5, 5.41) is 11.0. The van der Waals surface area contributed by atoms with E-state index in [4.69, 9.17) is 0 Å². The number of halogens is 1. The zero-order chi connectivity index (χ0) is 10.4. The van der Waals surface area contributed by atoms with Crippen LogP contribution >= 0.6 is 15.9 Å². The summed E-state index contributed by atoms with van der Waals surface area (Å²) < 4.78 is 0. The van der Waals surface area contributed by atoms with Crippen molar-refractivity contribution in [2.75, 3.05) is 5.33 Å². The lowest BCUT2D eigenvalue weighted by Gasteiger charge is -2.01. The molecule has 3 nitrogen and oxygen atoms in total. The SMILES string of the molecule is O=[N+]([O-])/C=C/c1ccccc1CCBr. The van der Waals surface area contributed by atoms with Crippen LogP contribution in [0.3, 0.4) is 0 Å². The summed E-state index contributed by atoms with van der Waals surface area (Å²) in [6.07, 6.45) is 3.36. The first-order valence-corrected chi connectivity index (χ1v) is 5.31. The molecule has 0 fully saturated rings. The van der Waals surface area contributed by atoms with E-state index in [1.807, 2.05) is 24.3 Å². The van der Waals surface area contributed by atoms with E-state index < -0.39 is 4.92 Å². The third-order valence-electron chi connectivity index (χ3n) is 1.79. The summed E-state index contributed by atoms with van der Waals surface area (Å²) in [7, 11) is 0. The van der Waals surface area contributed by atoms with E-state index in [0.717, 1.165) is 29.1 Å². The molecule has 0 radical (unpaired) electrons. The molecule has 0 aliphatic heterocycles. The molecule has 1 aromatic carbocycles. The summed E-state index contributed by atoms with van der Waals surface area (Å²) in [4.78, 5) is 9.70. The number of nitro groups is 1. The molecule has 1 aromatic rings. The number of hydrogen-bond donors (Lipinski definition) is 0.